The Bertz CT molecular complexity index is 196. The highest BCUT2D eigenvalue weighted by molar-refractivity contribution is 4.70. The van der Waals surface area contributed by atoms with Gasteiger partial charge in [0.1, 0.15) is 0 Å². The van der Waals surface area contributed by atoms with Gasteiger partial charge in [0.2, 0.25) is 0 Å². The first-order valence-corrected chi connectivity index (χ1v) is 7.26. The molecule has 0 aliphatic carbocycles. The van der Waals surface area contributed by atoms with Gasteiger partial charge in [-0.2, -0.15) is 0 Å². The molecule has 3 unspecified atom stereocenters. The summed E-state index contributed by atoms with van der Waals surface area (Å²) >= 11 is 0. The second-order valence-corrected chi connectivity index (χ2v) is 5.44. The third-order valence-corrected chi connectivity index (χ3v) is 3.90. The van der Waals surface area contributed by atoms with Crippen LogP contribution in [-0.2, 0) is 9.47 Å². The lowest BCUT2D eigenvalue weighted by Crippen LogP contribution is -2.24. The molecule has 2 rings (SSSR count). The molecule has 0 radical (unpaired) electrons. The summed E-state index contributed by atoms with van der Waals surface area (Å²) in [4.78, 5) is 0. The lowest BCUT2D eigenvalue weighted by atomic mass is 9.99. The lowest BCUT2D eigenvalue weighted by Gasteiger charge is -2.24. The zero-order chi connectivity index (χ0) is 11.9. The van der Waals surface area contributed by atoms with E-state index in [1.165, 1.54) is 25.7 Å². The van der Waals surface area contributed by atoms with Gasteiger partial charge in [0.25, 0.3) is 0 Å². The maximum atomic E-state index is 9.95. The van der Waals surface area contributed by atoms with E-state index >= 15 is 0 Å². The number of hydrogen-bond acceptors (Lipinski definition) is 3. The van der Waals surface area contributed by atoms with Gasteiger partial charge in [0.15, 0.2) is 0 Å². The van der Waals surface area contributed by atoms with Gasteiger partial charge in [-0.25, -0.2) is 0 Å². The summed E-state index contributed by atoms with van der Waals surface area (Å²) in [5, 5.41) is 9.95. The predicted octanol–water partition coefficient (Wildman–Crippen LogP) is 2.66. The number of rotatable bonds is 6. The van der Waals surface area contributed by atoms with E-state index in [9.17, 15) is 5.11 Å². The molecule has 17 heavy (non-hydrogen) atoms. The second-order valence-electron chi connectivity index (χ2n) is 5.44. The molecule has 0 bridgehead atoms. The number of aliphatic hydroxyl groups excluding tert-OH is 1. The first-order chi connectivity index (χ1) is 8.34. The summed E-state index contributed by atoms with van der Waals surface area (Å²) in [6, 6.07) is 0. The zero-order valence-electron chi connectivity index (χ0n) is 10.8. The summed E-state index contributed by atoms with van der Waals surface area (Å²) in [6.07, 6.45) is 10.5. The quantitative estimate of drug-likeness (QED) is 0.778. The molecule has 2 aliphatic rings. The van der Waals surface area contributed by atoms with E-state index in [1.54, 1.807) is 0 Å². The van der Waals surface area contributed by atoms with Crippen molar-refractivity contribution in [2.24, 2.45) is 0 Å². The van der Waals surface area contributed by atoms with Gasteiger partial charge in [-0.05, 0) is 57.8 Å². The third kappa shape index (κ3) is 4.94. The van der Waals surface area contributed by atoms with Crippen molar-refractivity contribution < 1.29 is 14.6 Å². The predicted molar refractivity (Wildman–Crippen MR) is 67.0 cm³/mol. The van der Waals surface area contributed by atoms with Gasteiger partial charge in [-0.1, -0.05) is 0 Å². The van der Waals surface area contributed by atoms with Crippen LogP contribution in [0.15, 0.2) is 0 Å². The minimum atomic E-state index is -0.181. The van der Waals surface area contributed by atoms with Crippen molar-refractivity contribution in [2.75, 3.05) is 13.2 Å². The molecule has 3 heteroatoms. The fourth-order valence-corrected chi connectivity index (χ4v) is 2.87. The Kier molecular flexibility index (Phi) is 5.75. The van der Waals surface area contributed by atoms with Gasteiger partial charge in [0.05, 0.1) is 18.3 Å². The smallest absolute Gasteiger partial charge is 0.0599 e. The second kappa shape index (κ2) is 7.34. The van der Waals surface area contributed by atoms with Crippen molar-refractivity contribution in [3.05, 3.63) is 0 Å². The fraction of sp³-hybridized carbons (Fsp3) is 1.00. The summed E-state index contributed by atoms with van der Waals surface area (Å²) in [5.74, 6) is 0. The van der Waals surface area contributed by atoms with E-state index in [4.69, 9.17) is 9.47 Å². The van der Waals surface area contributed by atoms with Gasteiger partial charge in [-0.15, -0.1) is 0 Å². The van der Waals surface area contributed by atoms with E-state index in [-0.39, 0.29) is 6.10 Å². The average molecular weight is 242 g/mol. The van der Waals surface area contributed by atoms with Gasteiger partial charge >= 0.3 is 0 Å². The number of ether oxygens (including phenoxy) is 2. The van der Waals surface area contributed by atoms with Crippen LogP contribution >= 0.6 is 0 Å². The van der Waals surface area contributed by atoms with Crippen LogP contribution in [0.25, 0.3) is 0 Å². The van der Waals surface area contributed by atoms with Crippen LogP contribution in [0.5, 0.6) is 0 Å². The van der Waals surface area contributed by atoms with Crippen molar-refractivity contribution in [3.8, 4) is 0 Å². The molecule has 100 valence electrons. The molecular formula is C14H26O3. The SMILES string of the molecule is OC(CCCC1CCCO1)CC1CCCCO1. The Morgan fingerprint density at radius 3 is 2.47 bits per heavy atom. The number of aliphatic hydroxyl groups is 1. The molecule has 2 aliphatic heterocycles. The molecule has 2 fully saturated rings. The molecule has 0 aromatic heterocycles. The van der Waals surface area contributed by atoms with Crippen molar-refractivity contribution in [3.63, 3.8) is 0 Å². The van der Waals surface area contributed by atoms with Crippen LogP contribution in [0.2, 0.25) is 0 Å². The molecule has 0 spiro atoms. The van der Waals surface area contributed by atoms with Crippen LogP contribution < -0.4 is 0 Å². The van der Waals surface area contributed by atoms with Crippen molar-refractivity contribution >= 4 is 0 Å². The topological polar surface area (TPSA) is 38.7 Å². The minimum Gasteiger partial charge on any atom is -0.393 e. The lowest BCUT2D eigenvalue weighted by molar-refractivity contribution is -0.0173. The van der Waals surface area contributed by atoms with E-state index in [2.05, 4.69) is 0 Å². The molecule has 2 heterocycles. The monoisotopic (exact) mass is 242 g/mol. The van der Waals surface area contributed by atoms with Crippen molar-refractivity contribution in [2.45, 2.75) is 76.1 Å². The molecule has 0 saturated carbocycles. The fourth-order valence-electron chi connectivity index (χ4n) is 2.87. The minimum absolute atomic E-state index is 0.181. The van der Waals surface area contributed by atoms with Crippen LogP contribution in [-0.4, -0.2) is 36.6 Å². The van der Waals surface area contributed by atoms with Gasteiger partial charge < -0.3 is 14.6 Å². The summed E-state index contributed by atoms with van der Waals surface area (Å²) < 4.78 is 11.2. The van der Waals surface area contributed by atoms with E-state index in [0.717, 1.165) is 45.3 Å². The standard InChI is InChI=1S/C14H26O3/c15-12(11-14-6-1-2-9-17-14)5-3-7-13-8-4-10-16-13/h12-15H,1-11H2. The highest BCUT2D eigenvalue weighted by Crippen LogP contribution is 2.21. The molecule has 3 nitrogen and oxygen atoms in total. The molecular weight excluding hydrogens is 216 g/mol. The van der Waals surface area contributed by atoms with Crippen molar-refractivity contribution in [1.82, 2.24) is 0 Å². The van der Waals surface area contributed by atoms with Crippen LogP contribution in [0.4, 0.5) is 0 Å². The first kappa shape index (κ1) is 13.3. The summed E-state index contributed by atoms with van der Waals surface area (Å²) in [7, 11) is 0. The Morgan fingerprint density at radius 1 is 1.00 bits per heavy atom. The Morgan fingerprint density at radius 2 is 1.76 bits per heavy atom. The highest BCUT2D eigenvalue weighted by atomic mass is 16.5. The van der Waals surface area contributed by atoms with E-state index in [0.29, 0.717) is 12.2 Å². The maximum Gasteiger partial charge on any atom is 0.0599 e. The van der Waals surface area contributed by atoms with E-state index in [1.807, 2.05) is 0 Å². The first-order valence-electron chi connectivity index (χ1n) is 7.26. The number of hydrogen-bond donors (Lipinski definition) is 1. The Hall–Kier alpha value is -0.120. The van der Waals surface area contributed by atoms with Gasteiger partial charge in [-0.3, -0.25) is 0 Å². The molecule has 0 aromatic rings. The van der Waals surface area contributed by atoms with Gasteiger partial charge in [0, 0.05) is 13.2 Å². The van der Waals surface area contributed by atoms with E-state index < -0.39 is 0 Å². The molecule has 0 amide bonds. The maximum absolute atomic E-state index is 9.95. The molecule has 3 atom stereocenters. The van der Waals surface area contributed by atoms with Crippen molar-refractivity contribution in [1.29, 1.82) is 0 Å². The molecule has 2 saturated heterocycles. The largest absolute Gasteiger partial charge is 0.393 e. The highest BCUT2D eigenvalue weighted by Gasteiger charge is 2.19. The average Bonchev–Trinajstić information content (AvgIpc) is 2.83. The molecule has 1 N–H and O–H groups in total. The summed E-state index contributed by atoms with van der Waals surface area (Å²) in [5.41, 5.74) is 0. The third-order valence-electron chi connectivity index (χ3n) is 3.90. The normalized spacial score (nSPS) is 31.6. The van der Waals surface area contributed by atoms with Crippen LogP contribution in [0.3, 0.4) is 0 Å². The Labute approximate surface area is 104 Å². The van der Waals surface area contributed by atoms with Crippen LogP contribution in [0, 0.1) is 0 Å². The zero-order valence-corrected chi connectivity index (χ0v) is 10.8. The van der Waals surface area contributed by atoms with Crippen LogP contribution in [0.1, 0.15) is 57.8 Å². The molecule has 0 aromatic carbocycles. The summed E-state index contributed by atoms with van der Waals surface area (Å²) in [6.45, 7) is 1.82. The Balaban J connectivity index is 1.52.